The van der Waals surface area contributed by atoms with E-state index in [1.807, 2.05) is 20.8 Å². The molecule has 0 aliphatic carbocycles. The van der Waals surface area contributed by atoms with Crippen LogP contribution in [0, 0.1) is 5.92 Å². The lowest BCUT2D eigenvalue weighted by atomic mass is 10.2. The zero-order chi connectivity index (χ0) is 11.2. The SMILES string of the molecule is CCOC(=O)C(C)CNOC(C)(C)C. The number of hydroxylamine groups is 1. The zero-order valence-corrected chi connectivity index (χ0v) is 9.72. The molecule has 0 aromatic heterocycles. The monoisotopic (exact) mass is 203 g/mol. The first-order valence-corrected chi connectivity index (χ1v) is 4.94. The maximum atomic E-state index is 11.2. The minimum absolute atomic E-state index is 0.183. The Kier molecular flexibility index (Phi) is 5.72. The quantitative estimate of drug-likeness (QED) is 0.543. The summed E-state index contributed by atoms with van der Waals surface area (Å²) in [6.07, 6.45) is 0. The number of carbonyl (C=O) groups is 1. The number of hydrogen-bond donors (Lipinski definition) is 1. The molecular weight excluding hydrogens is 182 g/mol. The van der Waals surface area contributed by atoms with Crippen LogP contribution >= 0.6 is 0 Å². The Morgan fingerprint density at radius 3 is 2.43 bits per heavy atom. The van der Waals surface area contributed by atoms with Gasteiger partial charge in [-0.25, -0.2) is 5.48 Å². The minimum atomic E-state index is -0.242. The predicted octanol–water partition coefficient (Wildman–Crippen LogP) is 1.51. The molecule has 1 N–H and O–H groups in total. The van der Waals surface area contributed by atoms with Crippen LogP contribution in [0.25, 0.3) is 0 Å². The molecule has 4 nitrogen and oxygen atoms in total. The molecule has 1 atom stereocenters. The summed E-state index contributed by atoms with van der Waals surface area (Å²) in [6, 6.07) is 0. The molecule has 4 heteroatoms. The van der Waals surface area contributed by atoms with Gasteiger partial charge >= 0.3 is 5.97 Å². The predicted molar refractivity (Wildman–Crippen MR) is 54.6 cm³/mol. The summed E-state index contributed by atoms with van der Waals surface area (Å²) in [5.74, 6) is -0.380. The third-order valence-corrected chi connectivity index (χ3v) is 1.46. The first-order chi connectivity index (χ1) is 6.37. The van der Waals surface area contributed by atoms with Crippen molar-refractivity contribution in [3.8, 4) is 0 Å². The molecule has 84 valence electrons. The Labute approximate surface area is 85.9 Å². The largest absolute Gasteiger partial charge is 0.466 e. The van der Waals surface area contributed by atoms with Crippen molar-refractivity contribution in [2.75, 3.05) is 13.2 Å². The average Bonchev–Trinajstić information content (AvgIpc) is 2.02. The van der Waals surface area contributed by atoms with Gasteiger partial charge in [0.25, 0.3) is 0 Å². The highest BCUT2D eigenvalue weighted by Gasteiger charge is 2.15. The van der Waals surface area contributed by atoms with E-state index in [1.165, 1.54) is 0 Å². The topological polar surface area (TPSA) is 47.6 Å². The smallest absolute Gasteiger partial charge is 0.310 e. The van der Waals surface area contributed by atoms with Gasteiger partial charge in [0.2, 0.25) is 0 Å². The molecule has 0 fully saturated rings. The summed E-state index contributed by atoms with van der Waals surface area (Å²) in [7, 11) is 0. The summed E-state index contributed by atoms with van der Waals surface area (Å²) in [5.41, 5.74) is 2.52. The lowest BCUT2D eigenvalue weighted by Crippen LogP contribution is -2.34. The second kappa shape index (κ2) is 5.98. The van der Waals surface area contributed by atoms with Gasteiger partial charge in [-0.1, -0.05) is 6.92 Å². The summed E-state index contributed by atoms with van der Waals surface area (Å²) < 4.78 is 4.85. The number of rotatable bonds is 5. The van der Waals surface area contributed by atoms with Crippen LogP contribution in [0.15, 0.2) is 0 Å². The molecule has 0 heterocycles. The van der Waals surface area contributed by atoms with Gasteiger partial charge in [0.05, 0.1) is 18.1 Å². The molecule has 0 aromatic rings. The van der Waals surface area contributed by atoms with E-state index in [0.29, 0.717) is 13.2 Å². The Balaban J connectivity index is 3.63. The van der Waals surface area contributed by atoms with Crippen LogP contribution < -0.4 is 5.48 Å². The van der Waals surface area contributed by atoms with Crippen molar-refractivity contribution in [3.63, 3.8) is 0 Å². The van der Waals surface area contributed by atoms with Crippen LogP contribution in [0.3, 0.4) is 0 Å². The van der Waals surface area contributed by atoms with Crippen molar-refractivity contribution in [3.05, 3.63) is 0 Å². The van der Waals surface area contributed by atoms with Crippen LogP contribution in [0.5, 0.6) is 0 Å². The number of hydrogen-bond acceptors (Lipinski definition) is 4. The molecule has 0 aromatic carbocycles. The number of nitrogens with one attached hydrogen (secondary N) is 1. The van der Waals surface area contributed by atoms with Crippen LogP contribution in [0.2, 0.25) is 0 Å². The summed E-state index contributed by atoms with van der Waals surface area (Å²) in [5, 5.41) is 0. The van der Waals surface area contributed by atoms with Crippen LogP contribution in [0.1, 0.15) is 34.6 Å². The molecule has 0 spiro atoms. The van der Waals surface area contributed by atoms with Gasteiger partial charge < -0.3 is 4.74 Å². The van der Waals surface area contributed by atoms with E-state index in [2.05, 4.69) is 5.48 Å². The second-order valence-corrected chi connectivity index (χ2v) is 4.22. The van der Waals surface area contributed by atoms with Gasteiger partial charge in [0.15, 0.2) is 0 Å². The maximum absolute atomic E-state index is 11.2. The first kappa shape index (κ1) is 13.4. The van der Waals surface area contributed by atoms with E-state index in [4.69, 9.17) is 9.57 Å². The number of esters is 1. The summed E-state index contributed by atoms with van der Waals surface area (Å²) in [4.78, 5) is 16.5. The van der Waals surface area contributed by atoms with Crippen molar-refractivity contribution in [2.24, 2.45) is 5.92 Å². The third kappa shape index (κ3) is 6.86. The molecule has 14 heavy (non-hydrogen) atoms. The average molecular weight is 203 g/mol. The van der Waals surface area contributed by atoms with E-state index in [9.17, 15) is 4.79 Å². The minimum Gasteiger partial charge on any atom is -0.466 e. The molecule has 0 saturated carbocycles. The molecule has 0 amide bonds. The first-order valence-electron chi connectivity index (χ1n) is 4.94. The Morgan fingerprint density at radius 2 is 2.00 bits per heavy atom. The zero-order valence-electron chi connectivity index (χ0n) is 9.72. The Hall–Kier alpha value is -0.610. The fourth-order valence-corrected chi connectivity index (χ4v) is 0.751. The molecule has 0 bridgehead atoms. The van der Waals surface area contributed by atoms with Crippen molar-refractivity contribution < 1.29 is 14.4 Å². The third-order valence-electron chi connectivity index (χ3n) is 1.46. The van der Waals surface area contributed by atoms with E-state index >= 15 is 0 Å². The highest BCUT2D eigenvalue weighted by atomic mass is 16.7. The normalized spacial score (nSPS) is 13.8. The fourth-order valence-electron chi connectivity index (χ4n) is 0.751. The highest BCUT2D eigenvalue weighted by Crippen LogP contribution is 2.04. The van der Waals surface area contributed by atoms with Crippen molar-refractivity contribution in [1.29, 1.82) is 0 Å². The maximum Gasteiger partial charge on any atom is 0.310 e. The van der Waals surface area contributed by atoms with Crippen LogP contribution in [-0.2, 0) is 14.4 Å². The van der Waals surface area contributed by atoms with Crippen molar-refractivity contribution in [2.45, 2.75) is 40.2 Å². The lowest BCUT2D eigenvalue weighted by molar-refractivity contribution is -0.149. The second-order valence-electron chi connectivity index (χ2n) is 4.22. The number of carbonyl (C=O) groups excluding carboxylic acids is 1. The van der Waals surface area contributed by atoms with Gasteiger partial charge in [-0.3, -0.25) is 9.63 Å². The van der Waals surface area contributed by atoms with Gasteiger partial charge in [0.1, 0.15) is 0 Å². The summed E-state index contributed by atoms with van der Waals surface area (Å²) >= 11 is 0. The van der Waals surface area contributed by atoms with E-state index in [1.54, 1.807) is 13.8 Å². The van der Waals surface area contributed by atoms with E-state index < -0.39 is 0 Å². The molecule has 1 unspecified atom stereocenters. The summed E-state index contributed by atoms with van der Waals surface area (Å²) in [6.45, 7) is 10.3. The standard InChI is InChI=1S/C10H21NO3/c1-6-13-9(12)8(2)7-11-14-10(3,4)5/h8,11H,6-7H2,1-5H3. The molecule has 0 rings (SSSR count). The van der Waals surface area contributed by atoms with Crippen molar-refractivity contribution in [1.82, 2.24) is 5.48 Å². The molecule has 0 aliphatic rings. The Bertz CT molecular complexity index is 175. The van der Waals surface area contributed by atoms with Gasteiger partial charge in [-0.2, -0.15) is 0 Å². The number of ether oxygens (including phenoxy) is 1. The molecule has 0 saturated heterocycles. The highest BCUT2D eigenvalue weighted by molar-refractivity contribution is 5.72. The van der Waals surface area contributed by atoms with Crippen LogP contribution in [0.4, 0.5) is 0 Å². The lowest BCUT2D eigenvalue weighted by Gasteiger charge is -2.20. The van der Waals surface area contributed by atoms with E-state index in [0.717, 1.165) is 0 Å². The van der Waals surface area contributed by atoms with E-state index in [-0.39, 0.29) is 17.5 Å². The Morgan fingerprint density at radius 1 is 1.43 bits per heavy atom. The molecular formula is C10H21NO3. The van der Waals surface area contributed by atoms with Gasteiger partial charge in [0, 0.05) is 6.54 Å². The van der Waals surface area contributed by atoms with Crippen molar-refractivity contribution >= 4 is 5.97 Å². The van der Waals surface area contributed by atoms with Gasteiger partial charge in [-0.05, 0) is 27.7 Å². The molecule has 0 aliphatic heterocycles. The van der Waals surface area contributed by atoms with Crippen LogP contribution in [-0.4, -0.2) is 24.7 Å². The fraction of sp³-hybridized carbons (Fsp3) is 0.900. The van der Waals surface area contributed by atoms with Gasteiger partial charge in [-0.15, -0.1) is 0 Å². The molecule has 0 radical (unpaired) electrons.